The average Bonchev–Trinajstić information content (AvgIpc) is 3.02. The van der Waals surface area contributed by atoms with E-state index < -0.39 is 5.97 Å². The Morgan fingerprint density at radius 3 is 2.39 bits per heavy atom. The van der Waals surface area contributed by atoms with Crippen LogP contribution in [-0.2, 0) is 22.5 Å². The lowest BCUT2D eigenvalue weighted by atomic mass is 10.1. The van der Waals surface area contributed by atoms with Gasteiger partial charge in [-0.2, -0.15) is 0 Å². The number of amides is 1. The van der Waals surface area contributed by atoms with Crippen LogP contribution in [0.4, 0.5) is 0 Å². The van der Waals surface area contributed by atoms with Gasteiger partial charge in [-0.15, -0.1) is 0 Å². The van der Waals surface area contributed by atoms with Crippen molar-refractivity contribution in [3.63, 3.8) is 0 Å². The first-order valence-corrected chi connectivity index (χ1v) is 6.75. The van der Waals surface area contributed by atoms with Crippen LogP contribution in [0.3, 0.4) is 0 Å². The van der Waals surface area contributed by atoms with Crippen molar-refractivity contribution in [2.75, 3.05) is 7.11 Å². The lowest BCUT2D eigenvalue weighted by molar-refractivity contribution is -0.139. The Bertz CT molecular complexity index is 716. The fourth-order valence-electron chi connectivity index (χ4n) is 1.87. The number of carbonyl (C=O) groups is 3. The minimum atomic E-state index is -1.16. The van der Waals surface area contributed by atoms with Gasteiger partial charge in [-0.05, 0) is 29.8 Å². The molecule has 0 aliphatic rings. The molecule has 7 nitrogen and oxygen atoms in total. The molecule has 0 spiro atoms. The molecule has 1 aromatic heterocycles. The molecule has 0 atom stereocenters. The summed E-state index contributed by atoms with van der Waals surface area (Å²) in [5.74, 6) is -1.68. The minimum Gasteiger partial charge on any atom is -0.475 e. The van der Waals surface area contributed by atoms with Gasteiger partial charge in [-0.25, -0.2) is 4.79 Å². The second-order valence-corrected chi connectivity index (χ2v) is 4.70. The maximum Gasteiger partial charge on any atom is 0.371 e. The summed E-state index contributed by atoms with van der Waals surface area (Å²) in [6.07, 6.45) is 0.142. The van der Waals surface area contributed by atoms with Gasteiger partial charge in [0.15, 0.2) is 0 Å². The molecule has 1 aromatic carbocycles. The highest BCUT2D eigenvalue weighted by molar-refractivity contribution is 5.94. The molecule has 2 rings (SSSR count). The molecule has 2 N–H and O–H groups in total. The van der Waals surface area contributed by atoms with Gasteiger partial charge < -0.3 is 19.6 Å². The van der Waals surface area contributed by atoms with Gasteiger partial charge in [0.05, 0.1) is 20.1 Å². The van der Waals surface area contributed by atoms with Crippen LogP contribution in [0.5, 0.6) is 0 Å². The summed E-state index contributed by atoms with van der Waals surface area (Å²) in [6.45, 7) is 0.0794. The molecule has 0 unspecified atom stereocenters. The summed E-state index contributed by atoms with van der Waals surface area (Å²) >= 11 is 0. The summed E-state index contributed by atoms with van der Waals surface area (Å²) in [4.78, 5) is 33.8. The minimum absolute atomic E-state index is 0.0794. The van der Waals surface area contributed by atoms with Crippen LogP contribution in [0.2, 0.25) is 0 Å². The average molecular weight is 317 g/mol. The molecule has 1 heterocycles. The summed E-state index contributed by atoms with van der Waals surface area (Å²) in [7, 11) is 1.31. The Kier molecular flexibility index (Phi) is 5.14. The Labute approximate surface area is 131 Å². The number of rotatable bonds is 6. The number of methoxy groups -OCH3 is 1. The second kappa shape index (κ2) is 7.26. The van der Waals surface area contributed by atoms with Crippen molar-refractivity contribution in [2.24, 2.45) is 0 Å². The number of aromatic carboxylic acids is 1. The van der Waals surface area contributed by atoms with Crippen LogP contribution >= 0.6 is 0 Å². The first-order valence-electron chi connectivity index (χ1n) is 6.75. The summed E-state index contributed by atoms with van der Waals surface area (Å²) in [6, 6.07) is 9.34. The topological polar surface area (TPSA) is 106 Å². The molecule has 0 saturated heterocycles. The molecule has 120 valence electrons. The number of furan rings is 1. The smallest absolute Gasteiger partial charge is 0.371 e. The fraction of sp³-hybridized carbons (Fsp3) is 0.188. The van der Waals surface area contributed by atoms with E-state index in [-0.39, 0.29) is 30.6 Å². The van der Waals surface area contributed by atoms with Crippen molar-refractivity contribution in [3.05, 3.63) is 59.0 Å². The van der Waals surface area contributed by atoms with Crippen molar-refractivity contribution in [3.8, 4) is 0 Å². The van der Waals surface area contributed by atoms with Gasteiger partial charge in [0.1, 0.15) is 5.76 Å². The Balaban J connectivity index is 1.92. The van der Waals surface area contributed by atoms with Crippen molar-refractivity contribution in [1.82, 2.24) is 5.32 Å². The van der Waals surface area contributed by atoms with Crippen LogP contribution in [-0.4, -0.2) is 30.1 Å². The number of benzene rings is 1. The predicted octanol–water partition coefficient (Wildman–Crippen LogP) is 1.62. The molecule has 2 aromatic rings. The van der Waals surface area contributed by atoms with Crippen molar-refractivity contribution in [2.45, 2.75) is 13.0 Å². The van der Waals surface area contributed by atoms with Gasteiger partial charge in [-0.3, -0.25) is 9.59 Å². The van der Waals surface area contributed by atoms with Crippen LogP contribution in [0.25, 0.3) is 0 Å². The molecule has 0 bridgehead atoms. The molecule has 1 amide bonds. The maximum atomic E-state index is 12.0. The lowest BCUT2D eigenvalue weighted by Gasteiger charge is -2.05. The molecule has 0 fully saturated rings. The van der Waals surface area contributed by atoms with Gasteiger partial charge >= 0.3 is 11.9 Å². The summed E-state index contributed by atoms with van der Waals surface area (Å²) in [5, 5.41) is 11.4. The van der Waals surface area contributed by atoms with Crippen LogP contribution < -0.4 is 5.32 Å². The highest BCUT2D eigenvalue weighted by Gasteiger charge is 2.11. The number of carboxylic acid groups (broad SMARTS) is 1. The van der Waals surface area contributed by atoms with E-state index in [0.717, 1.165) is 5.56 Å². The Morgan fingerprint density at radius 2 is 1.83 bits per heavy atom. The van der Waals surface area contributed by atoms with Crippen LogP contribution in [0.15, 0.2) is 40.8 Å². The van der Waals surface area contributed by atoms with E-state index in [1.807, 2.05) is 0 Å². The van der Waals surface area contributed by atoms with E-state index in [1.54, 1.807) is 24.3 Å². The molecular formula is C16H15NO6. The van der Waals surface area contributed by atoms with Crippen LogP contribution in [0, 0.1) is 0 Å². The quantitative estimate of drug-likeness (QED) is 0.784. The first kappa shape index (κ1) is 16.3. The number of esters is 1. The number of carboxylic acids is 1. The van der Waals surface area contributed by atoms with Crippen molar-refractivity contribution < 1.29 is 28.6 Å². The molecule has 0 aliphatic heterocycles. The summed E-state index contributed by atoms with van der Waals surface area (Å²) < 4.78 is 9.61. The predicted molar refractivity (Wildman–Crippen MR) is 79.0 cm³/mol. The van der Waals surface area contributed by atoms with E-state index in [9.17, 15) is 14.4 Å². The first-order chi connectivity index (χ1) is 11.0. The normalized spacial score (nSPS) is 10.1. The largest absolute Gasteiger partial charge is 0.475 e. The molecule has 7 heteroatoms. The second-order valence-electron chi connectivity index (χ2n) is 4.70. The summed E-state index contributed by atoms with van der Waals surface area (Å²) in [5.41, 5.74) is 1.16. The fourth-order valence-corrected chi connectivity index (χ4v) is 1.87. The van der Waals surface area contributed by atoms with Crippen molar-refractivity contribution in [1.29, 1.82) is 0 Å². The van der Waals surface area contributed by atoms with Gasteiger partial charge in [-0.1, -0.05) is 12.1 Å². The third-order valence-electron chi connectivity index (χ3n) is 3.09. The van der Waals surface area contributed by atoms with Gasteiger partial charge in [0, 0.05) is 5.56 Å². The molecular weight excluding hydrogens is 302 g/mol. The number of carbonyl (C=O) groups excluding carboxylic acids is 2. The maximum absolute atomic E-state index is 12.0. The van der Waals surface area contributed by atoms with Crippen LogP contribution in [0.1, 0.15) is 32.2 Å². The number of nitrogens with one attached hydrogen (secondary N) is 1. The van der Waals surface area contributed by atoms with E-state index >= 15 is 0 Å². The SMILES string of the molecule is COC(=O)Cc1ccc(C(=O)NCc2ccc(C(=O)O)o2)cc1. The van der Waals surface area contributed by atoms with Gasteiger partial charge in [0.2, 0.25) is 5.76 Å². The highest BCUT2D eigenvalue weighted by atomic mass is 16.5. The van der Waals surface area contributed by atoms with E-state index in [1.165, 1.54) is 19.2 Å². The van der Waals surface area contributed by atoms with E-state index in [0.29, 0.717) is 11.3 Å². The monoisotopic (exact) mass is 317 g/mol. The standard InChI is InChI=1S/C16H15NO6/c1-22-14(18)8-10-2-4-11(5-3-10)15(19)17-9-12-6-7-13(23-12)16(20)21/h2-7H,8-9H2,1H3,(H,17,19)(H,20,21). The van der Waals surface area contributed by atoms with E-state index in [4.69, 9.17) is 9.52 Å². The van der Waals surface area contributed by atoms with Gasteiger partial charge in [0.25, 0.3) is 5.91 Å². The molecule has 23 heavy (non-hydrogen) atoms. The lowest BCUT2D eigenvalue weighted by Crippen LogP contribution is -2.22. The molecule has 0 saturated carbocycles. The molecule has 0 aliphatic carbocycles. The van der Waals surface area contributed by atoms with Crippen molar-refractivity contribution >= 4 is 17.8 Å². The third-order valence-corrected chi connectivity index (χ3v) is 3.09. The highest BCUT2D eigenvalue weighted by Crippen LogP contribution is 2.09. The zero-order chi connectivity index (χ0) is 16.8. The number of ether oxygens (including phenoxy) is 1. The Morgan fingerprint density at radius 1 is 1.13 bits per heavy atom. The third kappa shape index (κ3) is 4.44. The zero-order valence-corrected chi connectivity index (χ0v) is 12.4. The zero-order valence-electron chi connectivity index (χ0n) is 12.4. The number of hydrogen-bond donors (Lipinski definition) is 2. The molecule has 0 radical (unpaired) electrons. The van der Waals surface area contributed by atoms with E-state index in [2.05, 4.69) is 10.1 Å². The Hall–Kier alpha value is -3.09. The number of hydrogen-bond acceptors (Lipinski definition) is 5.